The molecule has 0 spiro atoms. The van der Waals surface area contributed by atoms with Crippen molar-refractivity contribution in [3.8, 4) is 0 Å². The Morgan fingerprint density at radius 1 is 1.39 bits per heavy atom. The lowest BCUT2D eigenvalue weighted by molar-refractivity contribution is -0.121. The first-order chi connectivity index (χ1) is 10.9. The van der Waals surface area contributed by atoms with E-state index in [-0.39, 0.29) is 29.8 Å². The highest BCUT2D eigenvalue weighted by molar-refractivity contribution is 7.89. The van der Waals surface area contributed by atoms with Crippen LogP contribution in [0.5, 0.6) is 0 Å². The van der Waals surface area contributed by atoms with Gasteiger partial charge in [-0.2, -0.15) is 0 Å². The average molecular weight is 343 g/mol. The highest BCUT2D eigenvalue weighted by atomic mass is 32.2. The second-order valence-corrected chi connectivity index (χ2v) is 7.69. The molecule has 1 atom stereocenters. The van der Waals surface area contributed by atoms with Crippen LogP contribution in [0.25, 0.3) is 0 Å². The molecule has 8 heteroatoms. The van der Waals surface area contributed by atoms with Crippen molar-refractivity contribution in [2.75, 3.05) is 26.7 Å². The van der Waals surface area contributed by atoms with Crippen LogP contribution in [0.1, 0.15) is 19.3 Å². The maximum Gasteiger partial charge on any atom is 0.242 e. The number of amides is 1. The van der Waals surface area contributed by atoms with E-state index in [1.807, 2.05) is 0 Å². The Morgan fingerprint density at radius 2 is 2.09 bits per heavy atom. The van der Waals surface area contributed by atoms with E-state index in [2.05, 4.69) is 10.6 Å². The van der Waals surface area contributed by atoms with Crippen LogP contribution in [0.15, 0.2) is 29.2 Å². The maximum absolute atomic E-state index is 12.9. The Hall–Kier alpha value is -1.51. The lowest BCUT2D eigenvalue weighted by Gasteiger charge is -2.17. The molecule has 1 heterocycles. The zero-order chi connectivity index (χ0) is 16.9. The zero-order valence-electron chi connectivity index (χ0n) is 13.1. The molecule has 2 N–H and O–H groups in total. The number of carbonyl (C=O) groups is 1. The van der Waals surface area contributed by atoms with Crippen LogP contribution in [0.4, 0.5) is 4.39 Å². The van der Waals surface area contributed by atoms with Gasteiger partial charge in [-0.3, -0.25) is 4.79 Å². The minimum absolute atomic E-state index is 0.0443. The number of benzene rings is 1. The monoisotopic (exact) mass is 343 g/mol. The number of nitrogens with one attached hydrogen (secondary N) is 2. The third-order valence-corrected chi connectivity index (χ3v) is 5.70. The molecule has 1 saturated heterocycles. The second-order valence-electron chi connectivity index (χ2n) is 5.64. The number of carbonyl (C=O) groups excluding carboxylic acids is 1. The van der Waals surface area contributed by atoms with E-state index < -0.39 is 15.8 Å². The van der Waals surface area contributed by atoms with Gasteiger partial charge >= 0.3 is 0 Å². The predicted molar refractivity (Wildman–Crippen MR) is 84.9 cm³/mol. The third-order valence-electron chi connectivity index (χ3n) is 3.82. The fraction of sp³-hybridized carbons (Fsp3) is 0.533. The van der Waals surface area contributed by atoms with Crippen molar-refractivity contribution < 1.29 is 17.6 Å². The van der Waals surface area contributed by atoms with E-state index in [4.69, 9.17) is 0 Å². The molecule has 128 valence electrons. The number of rotatable bonds is 7. The van der Waals surface area contributed by atoms with Crippen LogP contribution >= 0.6 is 0 Å². The molecule has 6 nitrogen and oxygen atoms in total. The van der Waals surface area contributed by atoms with Crippen LogP contribution in [0, 0.1) is 5.82 Å². The summed E-state index contributed by atoms with van der Waals surface area (Å²) in [6.45, 7) is 1.92. The molecule has 0 aliphatic carbocycles. The summed E-state index contributed by atoms with van der Waals surface area (Å²) in [5, 5.41) is 6.08. The van der Waals surface area contributed by atoms with Crippen molar-refractivity contribution in [1.29, 1.82) is 0 Å². The lowest BCUT2D eigenvalue weighted by atomic mass is 10.2. The molecule has 1 aliphatic rings. The number of sulfonamides is 1. The molecular formula is C15H22FN3O3S. The van der Waals surface area contributed by atoms with Gasteiger partial charge in [0, 0.05) is 32.6 Å². The lowest BCUT2D eigenvalue weighted by Crippen LogP contribution is -2.36. The van der Waals surface area contributed by atoms with E-state index in [1.54, 1.807) is 0 Å². The van der Waals surface area contributed by atoms with Gasteiger partial charge in [0.1, 0.15) is 5.82 Å². The minimum atomic E-state index is -3.65. The van der Waals surface area contributed by atoms with Crippen molar-refractivity contribution in [3.05, 3.63) is 30.1 Å². The molecular weight excluding hydrogens is 321 g/mol. The van der Waals surface area contributed by atoms with Crippen molar-refractivity contribution in [2.45, 2.75) is 30.2 Å². The van der Waals surface area contributed by atoms with Gasteiger partial charge in [0.25, 0.3) is 0 Å². The van der Waals surface area contributed by atoms with Gasteiger partial charge in [-0.15, -0.1) is 0 Å². The smallest absolute Gasteiger partial charge is 0.242 e. The molecule has 1 unspecified atom stereocenters. The first kappa shape index (κ1) is 17.8. The number of hydrogen-bond acceptors (Lipinski definition) is 4. The summed E-state index contributed by atoms with van der Waals surface area (Å²) in [7, 11) is -2.20. The molecule has 0 bridgehead atoms. The molecule has 2 rings (SSSR count). The molecule has 1 amide bonds. The normalized spacial score (nSPS) is 18.3. The molecule has 1 aliphatic heterocycles. The van der Waals surface area contributed by atoms with Gasteiger partial charge in [-0.05, 0) is 43.7 Å². The molecule has 1 fully saturated rings. The SMILES string of the molecule is CN(CCCC(=O)NC1CCNC1)S(=O)(=O)c1ccc(F)cc1. The Kier molecular flexibility index (Phi) is 6.09. The summed E-state index contributed by atoms with van der Waals surface area (Å²) in [6.07, 6.45) is 1.63. The fourth-order valence-corrected chi connectivity index (χ4v) is 3.66. The number of halogens is 1. The second kappa shape index (κ2) is 7.85. The predicted octanol–water partition coefficient (Wildman–Crippen LogP) is 0.704. The van der Waals surface area contributed by atoms with Crippen LogP contribution in [0.2, 0.25) is 0 Å². The van der Waals surface area contributed by atoms with Crippen LogP contribution in [0.3, 0.4) is 0 Å². The molecule has 23 heavy (non-hydrogen) atoms. The Morgan fingerprint density at radius 3 is 2.70 bits per heavy atom. The van der Waals surface area contributed by atoms with Crippen molar-refractivity contribution in [1.82, 2.24) is 14.9 Å². The van der Waals surface area contributed by atoms with Gasteiger partial charge in [0.15, 0.2) is 0 Å². The van der Waals surface area contributed by atoms with Crippen molar-refractivity contribution in [2.24, 2.45) is 0 Å². The summed E-state index contributed by atoms with van der Waals surface area (Å²) in [6, 6.07) is 4.87. The molecule has 0 saturated carbocycles. The highest BCUT2D eigenvalue weighted by Crippen LogP contribution is 2.15. The molecule has 0 radical (unpaired) electrons. The first-order valence-corrected chi connectivity index (χ1v) is 9.05. The van der Waals surface area contributed by atoms with E-state index >= 15 is 0 Å². The largest absolute Gasteiger partial charge is 0.352 e. The van der Waals surface area contributed by atoms with Gasteiger partial charge in [0.2, 0.25) is 15.9 Å². The summed E-state index contributed by atoms with van der Waals surface area (Å²) in [5.41, 5.74) is 0. The zero-order valence-corrected chi connectivity index (χ0v) is 13.9. The fourth-order valence-electron chi connectivity index (χ4n) is 2.45. The quantitative estimate of drug-likeness (QED) is 0.764. The standard InChI is InChI=1S/C15H22FN3O3S/c1-19(23(21,22)14-6-4-12(16)5-7-14)10-2-3-15(20)18-13-8-9-17-11-13/h4-7,13,17H,2-3,8-11H2,1H3,(H,18,20). The summed E-state index contributed by atoms with van der Waals surface area (Å²) >= 11 is 0. The Balaban J connectivity index is 1.80. The number of hydrogen-bond donors (Lipinski definition) is 2. The van der Waals surface area contributed by atoms with Crippen molar-refractivity contribution >= 4 is 15.9 Å². The Bertz CT molecular complexity index is 628. The van der Waals surface area contributed by atoms with E-state index in [9.17, 15) is 17.6 Å². The van der Waals surface area contributed by atoms with Crippen LogP contribution < -0.4 is 10.6 Å². The van der Waals surface area contributed by atoms with Gasteiger partial charge < -0.3 is 10.6 Å². The maximum atomic E-state index is 12.9. The minimum Gasteiger partial charge on any atom is -0.352 e. The van der Waals surface area contributed by atoms with Gasteiger partial charge in [-0.25, -0.2) is 17.1 Å². The average Bonchev–Trinajstić information content (AvgIpc) is 3.00. The Labute approximate surface area is 136 Å². The first-order valence-electron chi connectivity index (χ1n) is 7.61. The third kappa shape index (κ3) is 4.98. The summed E-state index contributed by atoms with van der Waals surface area (Å²) in [5.74, 6) is -0.545. The van der Waals surface area contributed by atoms with E-state index in [0.717, 1.165) is 31.6 Å². The van der Waals surface area contributed by atoms with E-state index in [0.29, 0.717) is 6.42 Å². The molecule has 0 aromatic heterocycles. The van der Waals surface area contributed by atoms with Gasteiger partial charge in [0.05, 0.1) is 4.90 Å². The van der Waals surface area contributed by atoms with Crippen LogP contribution in [-0.4, -0.2) is 51.4 Å². The molecule has 1 aromatic rings. The van der Waals surface area contributed by atoms with Crippen molar-refractivity contribution in [3.63, 3.8) is 0 Å². The topological polar surface area (TPSA) is 78.5 Å². The van der Waals surface area contributed by atoms with Gasteiger partial charge in [-0.1, -0.05) is 0 Å². The van der Waals surface area contributed by atoms with E-state index in [1.165, 1.54) is 23.5 Å². The summed E-state index contributed by atoms with van der Waals surface area (Å²) < 4.78 is 38.6. The number of nitrogens with zero attached hydrogens (tertiary/aromatic N) is 1. The molecule has 1 aromatic carbocycles. The highest BCUT2D eigenvalue weighted by Gasteiger charge is 2.21. The van der Waals surface area contributed by atoms with Crippen LogP contribution in [-0.2, 0) is 14.8 Å². The summed E-state index contributed by atoms with van der Waals surface area (Å²) in [4.78, 5) is 11.8.